The normalized spacial score (nSPS) is 15.2. The predicted octanol–water partition coefficient (Wildman–Crippen LogP) is 2.06. The zero-order valence-corrected chi connectivity index (χ0v) is 8.21. The van der Waals surface area contributed by atoms with Crippen molar-refractivity contribution in [2.45, 2.75) is 6.42 Å². The molecule has 1 aliphatic rings. The highest BCUT2D eigenvalue weighted by atomic mass is 127. The van der Waals surface area contributed by atoms with Crippen molar-refractivity contribution in [1.29, 1.82) is 0 Å². The second-order valence-electron chi connectivity index (χ2n) is 2.62. The first kappa shape index (κ1) is 7.97. The van der Waals surface area contributed by atoms with Gasteiger partial charge >= 0.3 is 0 Å². The number of halogens is 2. The lowest BCUT2D eigenvalue weighted by molar-refractivity contribution is -0.115. The summed E-state index contributed by atoms with van der Waals surface area (Å²) in [6, 6.07) is 4.41. The maximum atomic E-state index is 12.7. The number of fused-ring (bicyclic) bond motifs is 1. The van der Waals surface area contributed by atoms with E-state index in [-0.39, 0.29) is 11.7 Å². The van der Waals surface area contributed by atoms with Gasteiger partial charge in [-0.05, 0) is 17.7 Å². The molecule has 1 amide bonds. The third kappa shape index (κ3) is 1.10. The number of rotatable bonds is 0. The van der Waals surface area contributed by atoms with Gasteiger partial charge in [0, 0.05) is 0 Å². The van der Waals surface area contributed by atoms with E-state index in [0.717, 1.165) is 5.56 Å². The highest BCUT2D eigenvalue weighted by Gasteiger charge is 2.25. The molecule has 62 valence electrons. The SMILES string of the molecule is O=C1Cc2ccc(F)cc2N1I. The number of nitrogens with zero attached hydrogens (tertiary/aromatic N) is 1. The summed E-state index contributed by atoms with van der Waals surface area (Å²) in [5.74, 6) is -0.290. The molecule has 0 fully saturated rings. The molecule has 0 spiro atoms. The summed E-state index contributed by atoms with van der Waals surface area (Å²) in [6.07, 6.45) is 0.387. The lowest BCUT2D eigenvalue weighted by Crippen LogP contribution is -2.13. The summed E-state index contributed by atoms with van der Waals surface area (Å²) in [5, 5.41) is 0. The molecule has 4 heteroatoms. The standard InChI is InChI=1S/C8H5FINO/c9-6-2-1-5-3-8(12)11(10)7(5)4-6/h1-2,4H,3H2. The zero-order chi connectivity index (χ0) is 8.72. The largest absolute Gasteiger partial charge is 0.273 e. The molecule has 0 aromatic heterocycles. The number of hydrogen-bond donors (Lipinski definition) is 0. The van der Waals surface area contributed by atoms with E-state index >= 15 is 0 Å². The van der Waals surface area contributed by atoms with Crippen LogP contribution in [0.3, 0.4) is 0 Å². The molecule has 1 heterocycles. The van der Waals surface area contributed by atoms with Gasteiger partial charge in [0.25, 0.3) is 0 Å². The maximum Gasteiger partial charge on any atom is 0.240 e. The van der Waals surface area contributed by atoms with E-state index < -0.39 is 0 Å². The molecule has 2 rings (SSSR count). The van der Waals surface area contributed by atoms with E-state index in [4.69, 9.17) is 0 Å². The topological polar surface area (TPSA) is 20.3 Å². The van der Waals surface area contributed by atoms with E-state index in [2.05, 4.69) is 0 Å². The Balaban J connectivity index is 2.55. The van der Waals surface area contributed by atoms with E-state index in [1.54, 1.807) is 6.07 Å². The van der Waals surface area contributed by atoms with Crippen LogP contribution in [0.25, 0.3) is 0 Å². The monoisotopic (exact) mass is 277 g/mol. The van der Waals surface area contributed by atoms with Crippen molar-refractivity contribution in [2.75, 3.05) is 3.11 Å². The van der Waals surface area contributed by atoms with Crippen molar-refractivity contribution in [3.63, 3.8) is 0 Å². The van der Waals surface area contributed by atoms with Crippen molar-refractivity contribution in [1.82, 2.24) is 0 Å². The summed E-state index contributed by atoms with van der Waals surface area (Å²) in [7, 11) is 0. The lowest BCUT2D eigenvalue weighted by Gasteiger charge is -2.05. The Morgan fingerprint density at radius 1 is 1.50 bits per heavy atom. The summed E-state index contributed by atoms with van der Waals surface area (Å²) in [4.78, 5) is 11.1. The van der Waals surface area contributed by atoms with Crippen LogP contribution in [0.5, 0.6) is 0 Å². The summed E-state index contributed by atoms with van der Waals surface area (Å²) >= 11 is 1.88. The molecule has 0 N–H and O–H groups in total. The van der Waals surface area contributed by atoms with Crippen molar-refractivity contribution in [3.8, 4) is 0 Å². The number of amides is 1. The fourth-order valence-electron chi connectivity index (χ4n) is 1.24. The smallest absolute Gasteiger partial charge is 0.240 e. The Labute approximate surface area is 82.9 Å². The molecular formula is C8H5FINO. The molecule has 12 heavy (non-hydrogen) atoms. The minimum Gasteiger partial charge on any atom is -0.273 e. The Morgan fingerprint density at radius 2 is 2.25 bits per heavy atom. The van der Waals surface area contributed by atoms with Crippen molar-refractivity contribution in [2.24, 2.45) is 0 Å². The molecule has 0 saturated heterocycles. The third-order valence-electron chi connectivity index (χ3n) is 1.82. The van der Waals surface area contributed by atoms with Crippen LogP contribution in [0.15, 0.2) is 18.2 Å². The zero-order valence-electron chi connectivity index (χ0n) is 6.05. The highest BCUT2D eigenvalue weighted by molar-refractivity contribution is 14.1. The van der Waals surface area contributed by atoms with Gasteiger partial charge in [-0.15, -0.1) is 0 Å². The van der Waals surface area contributed by atoms with Crippen molar-refractivity contribution >= 4 is 34.5 Å². The fourth-order valence-corrected chi connectivity index (χ4v) is 1.86. The Kier molecular flexibility index (Phi) is 1.79. The summed E-state index contributed by atoms with van der Waals surface area (Å²) in [5.41, 5.74) is 1.58. The minimum absolute atomic E-state index is 0.0104. The number of anilines is 1. The van der Waals surface area contributed by atoms with Gasteiger partial charge in [-0.3, -0.25) is 7.91 Å². The molecule has 0 saturated carbocycles. The van der Waals surface area contributed by atoms with Gasteiger partial charge in [0.1, 0.15) is 5.82 Å². The second-order valence-corrected chi connectivity index (χ2v) is 3.59. The van der Waals surface area contributed by atoms with Crippen molar-refractivity contribution < 1.29 is 9.18 Å². The summed E-state index contributed by atoms with van der Waals surface area (Å²) < 4.78 is 14.2. The first-order valence-corrected chi connectivity index (χ1v) is 4.42. The molecular weight excluding hydrogens is 272 g/mol. The van der Waals surface area contributed by atoms with Gasteiger partial charge < -0.3 is 0 Å². The number of hydrogen-bond acceptors (Lipinski definition) is 1. The summed E-state index contributed by atoms with van der Waals surface area (Å²) in [6.45, 7) is 0. The van der Waals surface area contributed by atoms with Gasteiger partial charge in [0.2, 0.25) is 5.91 Å². The quantitative estimate of drug-likeness (QED) is 0.525. The Hall–Kier alpha value is -0.650. The number of carbonyl (C=O) groups is 1. The van der Waals surface area contributed by atoms with Gasteiger partial charge in [0.15, 0.2) is 0 Å². The molecule has 1 aromatic rings. The van der Waals surface area contributed by atoms with E-state index in [1.165, 1.54) is 15.2 Å². The fraction of sp³-hybridized carbons (Fsp3) is 0.125. The minimum atomic E-state index is -0.301. The van der Waals surface area contributed by atoms with Gasteiger partial charge in [-0.2, -0.15) is 0 Å². The molecule has 2 nitrogen and oxygen atoms in total. The second kappa shape index (κ2) is 2.69. The van der Waals surface area contributed by atoms with Crippen LogP contribution in [-0.4, -0.2) is 5.91 Å². The first-order chi connectivity index (χ1) is 5.68. The highest BCUT2D eigenvalue weighted by Crippen LogP contribution is 2.31. The van der Waals surface area contributed by atoms with Crippen molar-refractivity contribution in [3.05, 3.63) is 29.6 Å². The molecule has 1 aromatic carbocycles. The first-order valence-electron chi connectivity index (χ1n) is 3.45. The van der Waals surface area contributed by atoms with E-state index in [1.807, 2.05) is 22.9 Å². The van der Waals surface area contributed by atoms with Gasteiger partial charge in [-0.1, -0.05) is 6.07 Å². The van der Waals surface area contributed by atoms with Crippen LogP contribution in [0.4, 0.5) is 10.1 Å². The van der Waals surface area contributed by atoms with Gasteiger partial charge in [0.05, 0.1) is 35.0 Å². The molecule has 0 unspecified atom stereocenters. The van der Waals surface area contributed by atoms with Crippen LogP contribution in [0.2, 0.25) is 0 Å². The predicted molar refractivity (Wildman–Crippen MR) is 51.6 cm³/mol. The van der Waals surface area contributed by atoms with E-state index in [0.29, 0.717) is 12.1 Å². The van der Waals surface area contributed by atoms with Crippen LogP contribution < -0.4 is 3.11 Å². The maximum absolute atomic E-state index is 12.7. The average molecular weight is 277 g/mol. The lowest BCUT2D eigenvalue weighted by atomic mass is 10.2. The van der Waals surface area contributed by atoms with E-state index in [9.17, 15) is 9.18 Å². The molecule has 0 bridgehead atoms. The Morgan fingerprint density at radius 3 is 3.00 bits per heavy atom. The number of benzene rings is 1. The molecule has 1 aliphatic heterocycles. The molecule has 0 radical (unpaired) electrons. The van der Waals surface area contributed by atoms with Crippen LogP contribution in [0, 0.1) is 5.82 Å². The van der Waals surface area contributed by atoms with Crippen LogP contribution in [0.1, 0.15) is 5.56 Å². The third-order valence-corrected chi connectivity index (χ3v) is 2.88. The molecule has 0 aliphatic carbocycles. The molecule has 0 atom stereocenters. The average Bonchev–Trinajstić information content (AvgIpc) is 2.31. The van der Waals surface area contributed by atoms with Gasteiger partial charge in [-0.25, -0.2) is 4.39 Å². The number of carbonyl (C=O) groups excluding carboxylic acids is 1. The van der Waals surface area contributed by atoms with Crippen LogP contribution >= 0.6 is 22.9 Å². The Bertz CT molecular complexity index is 353. The van der Waals surface area contributed by atoms with Crippen LogP contribution in [-0.2, 0) is 11.2 Å².